The van der Waals surface area contributed by atoms with Gasteiger partial charge in [0.2, 0.25) is 11.8 Å². The third kappa shape index (κ3) is 10.6. The van der Waals surface area contributed by atoms with Gasteiger partial charge in [0.25, 0.3) is 0 Å². The highest BCUT2D eigenvalue weighted by atomic mass is 16.3. The molecule has 0 aliphatic rings. The zero-order chi connectivity index (χ0) is 33.0. The Bertz CT molecular complexity index is 1160. The van der Waals surface area contributed by atoms with Gasteiger partial charge in [-0.15, -0.1) is 0 Å². The molecule has 0 saturated heterocycles. The number of hydrogen-bond acceptors (Lipinski definition) is 4. The topological polar surface area (TPSA) is 98.7 Å². The molecule has 0 aromatic heterocycles. The van der Waals surface area contributed by atoms with Crippen LogP contribution in [0.25, 0.3) is 0 Å². The van der Waals surface area contributed by atoms with Crippen LogP contribution in [0.4, 0.5) is 0 Å². The van der Waals surface area contributed by atoms with Gasteiger partial charge in [-0.3, -0.25) is 9.59 Å². The average Bonchev–Trinajstić information content (AvgIpc) is 2.84. The van der Waals surface area contributed by atoms with E-state index in [0.29, 0.717) is 32.4 Å². The molecule has 4 N–H and O–H groups in total. The van der Waals surface area contributed by atoms with Gasteiger partial charge in [-0.1, -0.05) is 107 Å². The van der Waals surface area contributed by atoms with Crippen LogP contribution in [0.5, 0.6) is 11.5 Å². The fraction of sp³-hybridized carbons (Fsp3) is 0.622. The molecule has 2 amide bonds. The lowest BCUT2D eigenvalue weighted by Gasteiger charge is -2.32. The molecule has 0 aliphatic carbocycles. The number of phenols is 2. The van der Waals surface area contributed by atoms with Gasteiger partial charge in [0.1, 0.15) is 11.5 Å². The summed E-state index contributed by atoms with van der Waals surface area (Å²) in [6, 6.07) is 11.4. The van der Waals surface area contributed by atoms with Crippen molar-refractivity contribution in [1.82, 2.24) is 10.6 Å². The Labute approximate surface area is 261 Å². The van der Waals surface area contributed by atoms with Crippen molar-refractivity contribution >= 4 is 11.8 Å². The fourth-order valence-corrected chi connectivity index (χ4v) is 5.65. The first-order valence-corrected chi connectivity index (χ1v) is 15.7. The minimum Gasteiger partial charge on any atom is -0.508 e. The van der Waals surface area contributed by atoms with Crippen LogP contribution in [-0.4, -0.2) is 35.1 Å². The maximum absolute atomic E-state index is 13.0. The first-order valence-electron chi connectivity index (χ1n) is 15.7. The number of rotatable bonds is 10. The van der Waals surface area contributed by atoms with Crippen LogP contribution in [0.15, 0.2) is 36.4 Å². The third-order valence-corrected chi connectivity index (χ3v) is 8.33. The lowest BCUT2D eigenvalue weighted by atomic mass is 9.73. The minimum absolute atomic E-state index is 0.0121. The second-order valence-corrected chi connectivity index (χ2v) is 16.4. The van der Waals surface area contributed by atoms with E-state index in [0.717, 1.165) is 22.3 Å². The van der Waals surface area contributed by atoms with E-state index in [9.17, 15) is 19.8 Å². The number of amides is 2. The van der Waals surface area contributed by atoms with E-state index in [-0.39, 0.29) is 56.8 Å². The van der Waals surface area contributed by atoms with Crippen molar-refractivity contribution in [2.24, 2.45) is 10.8 Å². The molecule has 0 spiro atoms. The summed E-state index contributed by atoms with van der Waals surface area (Å²) < 4.78 is 0. The van der Waals surface area contributed by atoms with Crippen molar-refractivity contribution in [1.29, 1.82) is 0 Å². The molecule has 2 atom stereocenters. The highest BCUT2D eigenvalue weighted by Crippen LogP contribution is 2.42. The monoisotopic (exact) mass is 594 g/mol. The Morgan fingerprint density at radius 3 is 1.21 bits per heavy atom. The molecule has 6 nitrogen and oxygen atoms in total. The standard InChI is InChI=1S/C37H58N2O4/c1-34(2,3)26(24-14-16-30(40)28(20-24)36(7,8)9)22-32(42)38-18-13-19-39-33(43)23-27(35(4,5)6)25-15-17-31(41)29(21-25)37(10,11)12/h14-17,20-21,26-27,40-41H,13,18-19,22-23H2,1-12H3,(H,38,42)(H,39,43). The number of hydrogen-bond donors (Lipinski definition) is 4. The van der Waals surface area contributed by atoms with Crippen molar-refractivity contribution in [3.05, 3.63) is 58.7 Å². The first kappa shape index (κ1) is 36.2. The van der Waals surface area contributed by atoms with E-state index in [1.54, 1.807) is 12.1 Å². The number of carbonyl (C=O) groups excluding carboxylic acids is 2. The first-order chi connectivity index (χ1) is 19.5. The van der Waals surface area contributed by atoms with Crippen molar-refractivity contribution in [3.63, 3.8) is 0 Å². The Balaban J connectivity index is 1.96. The largest absolute Gasteiger partial charge is 0.508 e. The van der Waals surface area contributed by atoms with Crippen LogP contribution >= 0.6 is 0 Å². The summed E-state index contributed by atoms with van der Waals surface area (Å²) in [6.07, 6.45) is 1.33. The van der Waals surface area contributed by atoms with Gasteiger partial charge in [-0.25, -0.2) is 0 Å². The van der Waals surface area contributed by atoms with Gasteiger partial charge in [0.05, 0.1) is 0 Å². The summed E-state index contributed by atoms with van der Waals surface area (Å²) >= 11 is 0. The SMILES string of the molecule is CC(C)(C)c1cc(C(CC(=O)NCCCNC(=O)CC(c2ccc(O)c(C(C)(C)C)c2)C(C)(C)C)C(C)(C)C)ccc1O. The molecule has 0 heterocycles. The Kier molecular flexibility index (Phi) is 11.6. The predicted octanol–water partition coefficient (Wildman–Crippen LogP) is 8.06. The van der Waals surface area contributed by atoms with Crippen LogP contribution in [0.3, 0.4) is 0 Å². The summed E-state index contributed by atoms with van der Waals surface area (Å²) in [5.41, 5.74) is 3.15. The van der Waals surface area contributed by atoms with Crippen molar-refractivity contribution in [2.45, 2.75) is 125 Å². The maximum atomic E-state index is 13.0. The van der Waals surface area contributed by atoms with E-state index >= 15 is 0 Å². The molecule has 43 heavy (non-hydrogen) atoms. The van der Waals surface area contributed by atoms with Gasteiger partial charge < -0.3 is 20.8 Å². The van der Waals surface area contributed by atoms with Gasteiger partial charge in [0.15, 0.2) is 0 Å². The molecule has 0 saturated carbocycles. The van der Waals surface area contributed by atoms with E-state index in [4.69, 9.17) is 0 Å². The third-order valence-electron chi connectivity index (χ3n) is 8.33. The summed E-state index contributed by atoms with van der Waals surface area (Å²) in [5.74, 6) is 0.491. The zero-order valence-corrected chi connectivity index (χ0v) is 28.9. The highest BCUT2D eigenvalue weighted by molar-refractivity contribution is 5.77. The number of carbonyl (C=O) groups is 2. The summed E-state index contributed by atoms with van der Waals surface area (Å²) in [5, 5.41) is 26.9. The number of phenolic OH excluding ortho intramolecular Hbond substituents is 2. The second kappa shape index (κ2) is 13.7. The van der Waals surface area contributed by atoms with E-state index < -0.39 is 0 Å². The zero-order valence-electron chi connectivity index (χ0n) is 28.9. The van der Waals surface area contributed by atoms with Crippen LogP contribution < -0.4 is 10.6 Å². The smallest absolute Gasteiger partial charge is 0.220 e. The molecule has 240 valence electrons. The molecule has 2 rings (SSSR count). The lowest BCUT2D eigenvalue weighted by molar-refractivity contribution is -0.122. The summed E-state index contributed by atoms with van der Waals surface area (Å²) in [6.45, 7) is 26.2. The maximum Gasteiger partial charge on any atom is 0.220 e. The Morgan fingerprint density at radius 1 is 0.605 bits per heavy atom. The fourth-order valence-electron chi connectivity index (χ4n) is 5.65. The molecular formula is C37H58N2O4. The highest BCUT2D eigenvalue weighted by Gasteiger charge is 2.32. The molecule has 2 unspecified atom stereocenters. The van der Waals surface area contributed by atoms with Crippen molar-refractivity contribution in [2.75, 3.05) is 13.1 Å². The molecule has 0 aliphatic heterocycles. The lowest BCUT2D eigenvalue weighted by Crippen LogP contribution is -2.33. The quantitative estimate of drug-likeness (QED) is 0.209. The molecular weight excluding hydrogens is 536 g/mol. The van der Waals surface area contributed by atoms with Crippen LogP contribution in [-0.2, 0) is 20.4 Å². The molecule has 2 aromatic carbocycles. The average molecular weight is 595 g/mol. The predicted molar refractivity (Wildman–Crippen MR) is 178 cm³/mol. The minimum atomic E-state index is -0.207. The Morgan fingerprint density at radius 2 is 0.930 bits per heavy atom. The number of aromatic hydroxyl groups is 2. The molecule has 0 fully saturated rings. The Hall–Kier alpha value is -3.02. The summed E-state index contributed by atoms with van der Waals surface area (Å²) in [7, 11) is 0. The van der Waals surface area contributed by atoms with Crippen molar-refractivity contribution in [3.8, 4) is 11.5 Å². The second-order valence-electron chi connectivity index (χ2n) is 16.4. The van der Waals surface area contributed by atoms with Crippen LogP contribution in [0.2, 0.25) is 0 Å². The van der Waals surface area contributed by atoms with E-state index in [1.807, 2.05) is 24.3 Å². The number of benzene rings is 2. The van der Waals surface area contributed by atoms with Gasteiger partial charge in [0, 0.05) is 25.9 Å². The molecule has 0 radical (unpaired) electrons. The summed E-state index contributed by atoms with van der Waals surface area (Å²) in [4.78, 5) is 26.0. The van der Waals surface area contributed by atoms with Crippen molar-refractivity contribution < 1.29 is 19.8 Å². The van der Waals surface area contributed by atoms with E-state index in [2.05, 4.69) is 93.7 Å². The molecule has 2 aromatic rings. The normalized spacial score (nSPS) is 14.2. The van der Waals surface area contributed by atoms with Crippen LogP contribution in [0.1, 0.15) is 136 Å². The van der Waals surface area contributed by atoms with Gasteiger partial charge in [-0.05, 0) is 74.3 Å². The van der Waals surface area contributed by atoms with Crippen LogP contribution in [0, 0.1) is 10.8 Å². The van der Waals surface area contributed by atoms with Gasteiger partial charge >= 0.3 is 0 Å². The van der Waals surface area contributed by atoms with Gasteiger partial charge in [-0.2, -0.15) is 0 Å². The molecule has 0 bridgehead atoms. The number of nitrogens with one attached hydrogen (secondary N) is 2. The molecule has 6 heteroatoms. The van der Waals surface area contributed by atoms with E-state index in [1.165, 1.54) is 0 Å².